The van der Waals surface area contributed by atoms with E-state index in [0.717, 1.165) is 24.5 Å². The van der Waals surface area contributed by atoms with Crippen LogP contribution in [-0.4, -0.2) is 43.7 Å². The summed E-state index contributed by atoms with van der Waals surface area (Å²) in [5, 5.41) is 3.08. The highest BCUT2D eigenvalue weighted by Gasteiger charge is 2.38. The van der Waals surface area contributed by atoms with Crippen molar-refractivity contribution in [1.82, 2.24) is 10.3 Å². The summed E-state index contributed by atoms with van der Waals surface area (Å²) in [6, 6.07) is 4.07. The average Bonchev–Trinajstić information content (AvgIpc) is 2.96. The Morgan fingerprint density at radius 3 is 2.58 bits per heavy atom. The predicted octanol–water partition coefficient (Wildman–Crippen LogP) is 2.26. The molecule has 1 aromatic heterocycles. The molecule has 6 nitrogen and oxygen atoms in total. The minimum absolute atomic E-state index is 0. The van der Waals surface area contributed by atoms with Gasteiger partial charge in [0.05, 0.1) is 5.41 Å². The third-order valence-electron chi connectivity index (χ3n) is 5.52. The molecule has 146 valence electrons. The minimum Gasteiger partial charge on any atom is -0.381 e. The van der Waals surface area contributed by atoms with Crippen LogP contribution < -0.4 is 16.0 Å². The molecule has 2 saturated heterocycles. The number of carbonyl (C=O) groups excluding carboxylic acids is 1. The zero-order valence-corrected chi connectivity index (χ0v) is 16.2. The number of carbonyl (C=O) groups is 1. The van der Waals surface area contributed by atoms with Gasteiger partial charge < -0.3 is 20.7 Å². The lowest BCUT2D eigenvalue weighted by molar-refractivity contribution is -0.136. The smallest absolute Gasteiger partial charge is 0.227 e. The van der Waals surface area contributed by atoms with Crippen molar-refractivity contribution >= 4 is 24.1 Å². The number of aromatic nitrogens is 1. The Bertz CT molecular complexity index is 570. The van der Waals surface area contributed by atoms with Crippen molar-refractivity contribution in [3.63, 3.8) is 0 Å². The topological polar surface area (TPSA) is 80.5 Å². The molecule has 0 saturated carbocycles. The summed E-state index contributed by atoms with van der Waals surface area (Å²) in [4.78, 5) is 19.6. The summed E-state index contributed by atoms with van der Waals surface area (Å²) in [7, 11) is 0. The number of anilines is 1. The van der Waals surface area contributed by atoms with Gasteiger partial charge >= 0.3 is 0 Å². The van der Waals surface area contributed by atoms with E-state index >= 15 is 0 Å². The minimum atomic E-state index is -0.473. The second kappa shape index (κ2) is 10.1. The van der Waals surface area contributed by atoms with E-state index in [-0.39, 0.29) is 18.3 Å². The third kappa shape index (κ3) is 5.09. The van der Waals surface area contributed by atoms with Crippen molar-refractivity contribution in [2.75, 3.05) is 37.7 Å². The summed E-state index contributed by atoms with van der Waals surface area (Å²) >= 11 is 0. The normalized spacial score (nSPS) is 20.0. The Labute approximate surface area is 162 Å². The van der Waals surface area contributed by atoms with Gasteiger partial charge in [0, 0.05) is 45.6 Å². The molecule has 0 unspecified atom stereocenters. The van der Waals surface area contributed by atoms with Gasteiger partial charge in [-0.2, -0.15) is 0 Å². The van der Waals surface area contributed by atoms with Crippen molar-refractivity contribution in [3.05, 3.63) is 23.9 Å². The maximum Gasteiger partial charge on any atom is 0.227 e. The molecule has 3 rings (SSSR count). The third-order valence-corrected chi connectivity index (χ3v) is 5.52. The van der Waals surface area contributed by atoms with Crippen LogP contribution in [0.15, 0.2) is 18.3 Å². The van der Waals surface area contributed by atoms with Gasteiger partial charge in [0.25, 0.3) is 0 Å². The van der Waals surface area contributed by atoms with Crippen LogP contribution in [0.4, 0.5) is 5.82 Å². The maximum absolute atomic E-state index is 12.7. The monoisotopic (exact) mass is 382 g/mol. The molecular formula is C19H31ClN4O2. The highest BCUT2D eigenvalue weighted by atomic mass is 35.5. The van der Waals surface area contributed by atoms with Gasteiger partial charge in [-0.3, -0.25) is 4.79 Å². The first-order chi connectivity index (χ1) is 12.2. The standard InChI is InChI=1S/C19H30N4O2.ClH/c20-15-19(6-11-25-12-7-19)18(24)22-14-16-5-8-21-17(13-16)23-9-3-1-2-4-10-23;/h5,8,13H,1-4,6-7,9-12,14-15,20H2,(H,22,24);1H. The van der Waals surface area contributed by atoms with Crippen LogP contribution in [0.2, 0.25) is 0 Å². The molecular weight excluding hydrogens is 352 g/mol. The Morgan fingerprint density at radius 1 is 1.23 bits per heavy atom. The van der Waals surface area contributed by atoms with Crippen molar-refractivity contribution < 1.29 is 9.53 Å². The lowest BCUT2D eigenvalue weighted by Crippen LogP contribution is -2.48. The molecule has 1 amide bonds. The fraction of sp³-hybridized carbons (Fsp3) is 0.684. The molecule has 2 aliphatic heterocycles. The zero-order valence-electron chi connectivity index (χ0n) is 15.4. The summed E-state index contributed by atoms with van der Waals surface area (Å²) in [5.41, 5.74) is 6.52. The van der Waals surface area contributed by atoms with Crippen LogP contribution in [0.25, 0.3) is 0 Å². The number of nitrogens with two attached hydrogens (primary N) is 1. The second-order valence-corrected chi connectivity index (χ2v) is 7.20. The molecule has 2 fully saturated rings. The number of hydrogen-bond donors (Lipinski definition) is 2. The number of nitrogens with zero attached hydrogens (tertiary/aromatic N) is 2. The number of pyridine rings is 1. The lowest BCUT2D eigenvalue weighted by atomic mass is 9.79. The Hall–Kier alpha value is -1.37. The van der Waals surface area contributed by atoms with Gasteiger partial charge in [0.1, 0.15) is 5.82 Å². The summed E-state index contributed by atoms with van der Waals surface area (Å²) < 4.78 is 5.38. The zero-order chi connectivity index (χ0) is 17.5. The number of halogens is 1. The number of rotatable bonds is 5. The Morgan fingerprint density at radius 2 is 1.92 bits per heavy atom. The molecule has 26 heavy (non-hydrogen) atoms. The molecule has 2 aliphatic rings. The lowest BCUT2D eigenvalue weighted by Gasteiger charge is -2.34. The van der Waals surface area contributed by atoms with Crippen molar-refractivity contribution in [3.8, 4) is 0 Å². The van der Waals surface area contributed by atoms with E-state index in [1.54, 1.807) is 0 Å². The first-order valence-corrected chi connectivity index (χ1v) is 9.49. The van der Waals surface area contributed by atoms with Gasteiger partial charge in [-0.25, -0.2) is 4.98 Å². The van der Waals surface area contributed by atoms with Gasteiger partial charge in [0.15, 0.2) is 0 Å². The van der Waals surface area contributed by atoms with E-state index in [1.807, 2.05) is 12.3 Å². The van der Waals surface area contributed by atoms with E-state index in [1.165, 1.54) is 25.7 Å². The van der Waals surface area contributed by atoms with Gasteiger partial charge in [-0.1, -0.05) is 12.8 Å². The van der Waals surface area contributed by atoms with Crippen LogP contribution in [-0.2, 0) is 16.1 Å². The molecule has 0 aromatic carbocycles. The van der Waals surface area contributed by atoms with Crippen LogP contribution in [0, 0.1) is 5.41 Å². The summed E-state index contributed by atoms with van der Waals surface area (Å²) in [6.07, 6.45) is 8.30. The Kier molecular flexibility index (Phi) is 8.13. The quantitative estimate of drug-likeness (QED) is 0.816. The molecule has 0 bridgehead atoms. The van der Waals surface area contributed by atoms with E-state index in [4.69, 9.17) is 10.5 Å². The number of amides is 1. The van der Waals surface area contributed by atoms with Gasteiger partial charge in [-0.05, 0) is 43.4 Å². The molecule has 0 atom stereocenters. The number of ether oxygens (including phenoxy) is 1. The van der Waals surface area contributed by atoms with Crippen LogP contribution in [0.3, 0.4) is 0 Å². The number of nitrogens with one attached hydrogen (secondary N) is 1. The average molecular weight is 383 g/mol. The molecule has 7 heteroatoms. The van der Waals surface area contributed by atoms with Crippen molar-refractivity contribution in [2.24, 2.45) is 11.1 Å². The molecule has 3 N–H and O–H groups in total. The SMILES string of the molecule is Cl.NCC1(C(=O)NCc2ccnc(N3CCCCCC3)c2)CCOCC1. The highest BCUT2D eigenvalue weighted by molar-refractivity contribution is 5.85. The van der Waals surface area contributed by atoms with E-state index in [2.05, 4.69) is 21.3 Å². The first-order valence-electron chi connectivity index (χ1n) is 9.49. The van der Waals surface area contributed by atoms with Crippen molar-refractivity contribution in [1.29, 1.82) is 0 Å². The number of hydrogen-bond acceptors (Lipinski definition) is 5. The van der Waals surface area contributed by atoms with E-state index < -0.39 is 5.41 Å². The molecule has 0 aliphatic carbocycles. The van der Waals surface area contributed by atoms with E-state index in [0.29, 0.717) is 39.1 Å². The van der Waals surface area contributed by atoms with Crippen molar-refractivity contribution in [2.45, 2.75) is 45.1 Å². The second-order valence-electron chi connectivity index (χ2n) is 7.20. The molecule has 0 spiro atoms. The first kappa shape index (κ1) is 20.9. The highest BCUT2D eigenvalue weighted by Crippen LogP contribution is 2.29. The van der Waals surface area contributed by atoms with Gasteiger partial charge in [0.2, 0.25) is 5.91 Å². The van der Waals surface area contributed by atoms with Crippen LogP contribution in [0.1, 0.15) is 44.1 Å². The maximum atomic E-state index is 12.7. The molecule has 3 heterocycles. The molecule has 0 radical (unpaired) electrons. The Balaban J connectivity index is 0.00000243. The van der Waals surface area contributed by atoms with Crippen LogP contribution in [0.5, 0.6) is 0 Å². The predicted molar refractivity (Wildman–Crippen MR) is 106 cm³/mol. The largest absolute Gasteiger partial charge is 0.381 e. The molecule has 1 aromatic rings. The fourth-order valence-electron chi connectivity index (χ4n) is 3.70. The van der Waals surface area contributed by atoms with Gasteiger partial charge in [-0.15, -0.1) is 12.4 Å². The summed E-state index contributed by atoms with van der Waals surface area (Å²) in [5.74, 6) is 1.07. The fourth-order valence-corrected chi connectivity index (χ4v) is 3.70. The summed E-state index contributed by atoms with van der Waals surface area (Å²) in [6.45, 7) is 4.25. The van der Waals surface area contributed by atoms with E-state index in [9.17, 15) is 4.79 Å². The van der Waals surface area contributed by atoms with Crippen LogP contribution >= 0.6 is 12.4 Å².